The van der Waals surface area contributed by atoms with E-state index >= 15 is 0 Å². The second kappa shape index (κ2) is 7.20. The fraction of sp³-hybridized carbons (Fsp3) is 0.0526. The van der Waals surface area contributed by atoms with Gasteiger partial charge in [-0.25, -0.2) is 5.43 Å². The highest BCUT2D eigenvalue weighted by molar-refractivity contribution is 9.10. The largest absolute Gasteiger partial charge is 0.273 e. The maximum absolute atomic E-state index is 11.9. The normalized spacial score (nSPS) is 11.0. The highest BCUT2D eigenvalue weighted by Gasteiger charge is 2.01. The van der Waals surface area contributed by atoms with Crippen LogP contribution in [0.2, 0.25) is 0 Å². The molecule has 3 aromatic carbocycles. The molecule has 3 rings (SSSR count). The summed E-state index contributed by atoms with van der Waals surface area (Å²) in [5, 5.41) is 6.36. The summed E-state index contributed by atoms with van der Waals surface area (Å²) in [6, 6.07) is 21.9. The fourth-order valence-corrected chi connectivity index (χ4v) is 2.56. The second-order valence-corrected chi connectivity index (χ2v) is 6.12. The van der Waals surface area contributed by atoms with Crippen LogP contribution in [0, 0.1) is 0 Å². The highest BCUT2D eigenvalue weighted by atomic mass is 79.9. The second-order valence-electron chi connectivity index (χ2n) is 5.20. The Hall–Kier alpha value is -2.46. The number of hydrazone groups is 1. The summed E-state index contributed by atoms with van der Waals surface area (Å²) in [7, 11) is 0. The number of hydrogen-bond acceptors (Lipinski definition) is 2. The van der Waals surface area contributed by atoms with E-state index in [1.807, 2.05) is 54.6 Å². The minimum absolute atomic E-state index is 0.135. The predicted molar refractivity (Wildman–Crippen MR) is 97.5 cm³/mol. The van der Waals surface area contributed by atoms with Gasteiger partial charge in [-0.2, -0.15) is 5.10 Å². The van der Waals surface area contributed by atoms with Crippen LogP contribution < -0.4 is 5.43 Å². The molecule has 0 unspecified atom stereocenters. The summed E-state index contributed by atoms with van der Waals surface area (Å²) in [6.07, 6.45) is 1.97. The lowest BCUT2D eigenvalue weighted by Crippen LogP contribution is -2.19. The minimum Gasteiger partial charge on any atom is -0.273 e. The van der Waals surface area contributed by atoms with E-state index in [4.69, 9.17) is 0 Å². The van der Waals surface area contributed by atoms with Gasteiger partial charge < -0.3 is 0 Å². The molecule has 3 nitrogen and oxygen atoms in total. The SMILES string of the molecule is O=C(Cc1ccc(Br)cc1)N/N=C\c1ccc2ccccc2c1. The average molecular weight is 367 g/mol. The molecule has 4 heteroatoms. The van der Waals surface area contributed by atoms with Crippen molar-refractivity contribution in [3.8, 4) is 0 Å². The third-order valence-corrected chi connectivity index (χ3v) is 3.98. The molecular weight excluding hydrogens is 352 g/mol. The zero-order chi connectivity index (χ0) is 16.1. The van der Waals surface area contributed by atoms with E-state index < -0.39 is 0 Å². The van der Waals surface area contributed by atoms with Crippen molar-refractivity contribution in [2.45, 2.75) is 6.42 Å². The molecule has 0 spiro atoms. The van der Waals surface area contributed by atoms with Gasteiger partial charge in [-0.15, -0.1) is 0 Å². The highest BCUT2D eigenvalue weighted by Crippen LogP contribution is 2.14. The molecule has 0 atom stereocenters. The number of rotatable bonds is 4. The zero-order valence-electron chi connectivity index (χ0n) is 12.4. The lowest BCUT2D eigenvalue weighted by atomic mass is 10.1. The van der Waals surface area contributed by atoms with Gasteiger partial charge in [0.15, 0.2) is 0 Å². The van der Waals surface area contributed by atoms with Gasteiger partial charge in [0.2, 0.25) is 5.91 Å². The topological polar surface area (TPSA) is 41.5 Å². The number of amides is 1. The maximum Gasteiger partial charge on any atom is 0.244 e. The molecule has 0 saturated carbocycles. The molecule has 0 saturated heterocycles. The van der Waals surface area contributed by atoms with E-state index in [0.717, 1.165) is 21.0 Å². The lowest BCUT2D eigenvalue weighted by molar-refractivity contribution is -0.120. The monoisotopic (exact) mass is 366 g/mol. The van der Waals surface area contributed by atoms with Crippen molar-refractivity contribution in [2.75, 3.05) is 0 Å². The van der Waals surface area contributed by atoms with Crippen LogP contribution in [0.4, 0.5) is 0 Å². The van der Waals surface area contributed by atoms with Crippen LogP contribution in [0.25, 0.3) is 10.8 Å². The number of nitrogens with zero attached hydrogens (tertiary/aromatic N) is 1. The van der Waals surface area contributed by atoms with E-state index in [1.54, 1.807) is 6.21 Å². The third kappa shape index (κ3) is 4.27. The summed E-state index contributed by atoms with van der Waals surface area (Å²) in [5.41, 5.74) is 4.46. The number of nitrogens with one attached hydrogen (secondary N) is 1. The Morgan fingerprint density at radius 2 is 1.74 bits per heavy atom. The Morgan fingerprint density at radius 1 is 1.00 bits per heavy atom. The number of benzene rings is 3. The van der Waals surface area contributed by atoms with Gasteiger partial charge in [0.25, 0.3) is 0 Å². The Labute approximate surface area is 143 Å². The number of halogens is 1. The zero-order valence-corrected chi connectivity index (χ0v) is 14.0. The van der Waals surface area contributed by atoms with Crippen LogP contribution in [0.1, 0.15) is 11.1 Å². The Balaban J connectivity index is 1.60. The van der Waals surface area contributed by atoms with Gasteiger partial charge in [0.1, 0.15) is 0 Å². The molecule has 0 aliphatic rings. The number of hydrogen-bond donors (Lipinski definition) is 1. The van der Waals surface area contributed by atoms with Crippen LogP contribution in [0.3, 0.4) is 0 Å². The molecule has 1 amide bonds. The molecule has 0 heterocycles. The smallest absolute Gasteiger partial charge is 0.244 e. The average Bonchev–Trinajstić information content (AvgIpc) is 2.57. The van der Waals surface area contributed by atoms with E-state index in [9.17, 15) is 4.79 Å². The predicted octanol–water partition coefficient (Wildman–Crippen LogP) is 4.30. The lowest BCUT2D eigenvalue weighted by Gasteiger charge is -2.01. The molecule has 0 aromatic heterocycles. The van der Waals surface area contributed by atoms with Gasteiger partial charge >= 0.3 is 0 Å². The van der Waals surface area contributed by atoms with Crippen molar-refractivity contribution in [3.05, 3.63) is 82.3 Å². The van der Waals surface area contributed by atoms with Gasteiger partial charge in [-0.05, 0) is 40.1 Å². The van der Waals surface area contributed by atoms with E-state index in [-0.39, 0.29) is 5.91 Å². The summed E-state index contributed by atoms with van der Waals surface area (Å²) in [6.45, 7) is 0. The molecule has 0 bridgehead atoms. The molecule has 0 aliphatic carbocycles. The molecule has 0 fully saturated rings. The van der Waals surface area contributed by atoms with Crippen molar-refractivity contribution in [1.82, 2.24) is 5.43 Å². The Bertz CT molecular complexity index is 857. The van der Waals surface area contributed by atoms with Crippen molar-refractivity contribution < 1.29 is 4.79 Å². The first-order valence-corrected chi connectivity index (χ1v) is 8.05. The molecule has 0 aliphatic heterocycles. The summed E-state index contributed by atoms with van der Waals surface area (Å²) < 4.78 is 0.996. The first-order valence-electron chi connectivity index (χ1n) is 7.26. The summed E-state index contributed by atoms with van der Waals surface area (Å²) >= 11 is 3.37. The summed E-state index contributed by atoms with van der Waals surface area (Å²) in [5.74, 6) is -0.135. The third-order valence-electron chi connectivity index (χ3n) is 3.45. The van der Waals surface area contributed by atoms with Crippen molar-refractivity contribution in [1.29, 1.82) is 0 Å². The van der Waals surface area contributed by atoms with Gasteiger partial charge in [0, 0.05) is 4.47 Å². The molecule has 0 radical (unpaired) electrons. The minimum atomic E-state index is -0.135. The molecule has 23 heavy (non-hydrogen) atoms. The first-order chi connectivity index (χ1) is 11.2. The summed E-state index contributed by atoms with van der Waals surface area (Å²) in [4.78, 5) is 11.9. The van der Waals surface area contributed by atoms with E-state index in [0.29, 0.717) is 6.42 Å². The molecule has 1 N–H and O–H groups in total. The van der Waals surface area contributed by atoms with Crippen molar-refractivity contribution in [3.63, 3.8) is 0 Å². The fourth-order valence-electron chi connectivity index (χ4n) is 2.29. The van der Waals surface area contributed by atoms with Gasteiger partial charge in [0.05, 0.1) is 12.6 Å². The molecular formula is C19H15BrN2O. The van der Waals surface area contributed by atoms with E-state index in [2.05, 4.69) is 38.6 Å². The Kier molecular flexibility index (Phi) is 4.83. The van der Waals surface area contributed by atoms with Gasteiger partial charge in [-0.1, -0.05) is 64.5 Å². The standard InChI is InChI=1S/C19H15BrN2O/c20-18-9-6-14(7-10-18)12-19(23)22-21-13-15-5-8-16-3-1-2-4-17(16)11-15/h1-11,13H,12H2,(H,22,23)/b21-13-. The number of carbonyl (C=O) groups is 1. The van der Waals surface area contributed by atoms with Crippen LogP contribution in [-0.2, 0) is 11.2 Å². The van der Waals surface area contributed by atoms with Crippen molar-refractivity contribution in [2.24, 2.45) is 5.10 Å². The van der Waals surface area contributed by atoms with Crippen molar-refractivity contribution >= 4 is 38.8 Å². The van der Waals surface area contributed by atoms with Crippen LogP contribution in [-0.4, -0.2) is 12.1 Å². The van der Waals surface area contributed by atoms with Crippen LogP contribution in [0.15, 0.2) is 76.3 Å². The number of carbonyl (C=O) groups excluding carboxylic acids is 1. The van der Waals surface area contributed by atoms with Crippen LogP contribution in [0.5, 0.6) is 0 Å². The quantitative estimate of drug-likeness (QED) is 0.542. The number of fused-ring (bicyclic) bond motifs is 1. The maximum atomic E-state index is 11.9. The van der Waals surface area contributed by atoms with E-state index in [1.165, 1.54) is 5.39 Å². The first kappa shape index (κ1) is 15.4. The van der Waals surface area contributed by atoms with Gasteiger partial charge in [-0.3, -0.25) is 4.79 Å². The Morgan fingerprint density at radius 3 is 2.52 bits per heavy atom. The van der Waals surface area contributed by atoms with Crippen LogP contribution >= 0.6 is 15.9 Å². The molecule has 3 aromatic rings. The molecule has 114 valence electrons.